The van der Waals surface area contributed by atoms with E-state index < -0.39 is 5.91 Å². The first-order valence-electron chi connectivity index (χ1n) is 8.74. The summed E-state index contributed by atoms with van der Waals surface area (Å²) in [6.45, 7) is 1.77. The molecule has 0 aromatic carbocycles. The second-order valence-corrected chi connectivity index (χ2v) is 6.75. The molecule has 8 heteroatoms. The van der Waals surface area contributed by atoms with Gasteiger partial charge >= 0.3 is 0 Å². The third kappa shape index (κ3) is 2.71. The summed E-state index contributed by atoms with van der Waals surface area (Å²) in [7, 11) is 1.85. The van der Waals surface area contributed by atoms with Crippen molar-refractivity contribution in [2.75, 3.05) is 13.1 Å². The van der Waals surface area contributed by atoms with Crippen molar-refractivity contribution in [2.45, 2.75) is 38.6 Å². The van der Waals surface area contributed by atoms with E-state index in [9.17, 15) is 9.59 Å². The quantitative estimate of drug-likeness (QED) is 0.848. The Balaban J connectivity index is 1.56. The van der Waals surface area contributed by atoms with Gasteiger partial charge in [-0.15, -0.1) is 0 Å². The number of primary amides is 1. The van der Waals surface area contributed by atoms with Gasteiger partial charge in [-0.1, -0.05) is 0 Å². The third-order valence-corrected chi connectivity index (χ3v) is 5.14. The molecule has 0 radical (unpaired) electrons. The number of fused-ring (bicyclic) bond motifs is 2. The topological polar surface area (TPSA) is 99.0 Å². The van der Waals surface area contributed by atoms with E-state index in [1.54, 1.807) is 10.9 Å². The fraction of sp³-hybridized carbons (Fsp3) is 0.529. The van der Waals surface area contributed by atoms with Crippen LogP contribution in [0.2, 0.25) is 0 Å². The molecule has 25 heavy (non-hydrogen) atoms. The average Bonchev–Trinajstić information content (AvgIpc) is 3.08. The van der Waals surface area contributed by atoms with Crippen LogP contribution in [0.25, 0.3) is 0 Å². The molecule has 0 atom stereocenters. The summed E-state index contributed by atoms with van der Waals surface area (Å²) in [6, 6.07) is 0. The van der Waals surface area contributed by atoms with Gasteiger partial charge in [0.05, 0.1) is 5.69 Å². The molecule has 2 aromatic rings. The molecular weight excluding hydrogens is 320 g/mol. The molecule has 1 aliphatic heterocycles. The largest absolute Gasteiger partial charge is 0.364 e. The van der Waals surface area contributed by atoms with Gasteiger partial charge in [0.15, 0.2) is 0 Å². The lowest BCUT2D eigenvalue weighted by Crippen LogP contribution is -2.35. The van der Waals surface area contributed by atoms with E-state index in [2.05, 4.69) is 10.1 Å². The lowest BCUT2D eigenvalue weighted by atomic mass is 9.95. The summed E-state index contributed by atoms with van der Waals surface area (Å²) in [5.41, 5.74) is 8.51. The molecule has 0 bridgehead atoms. The van der Waals surface area contributed by atoms with Gasteiger partial charge in [0.25, 0.3) is 11.8 Å². The van der Waals surface area contributed by atoms with E-state index in [0.29, 0.717) is 26.1 Å². The number of nitrogens with two attached hydrogens (primary N) is 1. The third-order valence-electron chi connectivity index (χ3n) is 5.14. The first kappa shape index (κ1) is 15.9. The molecule has 0 fully saturated rings. The molecule has 2 N–H and O–H groups in total. The van der Waals surface area contributed by atoms with E-state index in [1.165, 1.54) is 0 Å². The van der Waals surface area contributed by atoms with Gasteiger partial charge in [0, 0.05) is 44.9 Å². The van der Waals surface area contributed by atoms with Gasteiger partial charge in [-0.3, -0.25) is 14.3 Å². The average molecular weight is 342 g/mol. The van der Waals surface area contributed by atoms with E-state index in [1.807, 2.05) is 16.5 Å². The van der Waals surface area contributed by atoms with Crippen molar-refractivity contribution in [2.24, 2.45) is 12.8 Å². The molecule has 2 amide bonds. The Morgan fingerprint density at radius 1 is 1.12 bits per heavy atom. The summed E-state index contributed by atoms with van der Waals surface area (Å²) in [5.74, 6) is 0.324. The Kier molecular flexibility index (Phi) is 3.82. The van der Waals surface area contributed by atoms with Gasteiger partial charge in [-0.2, -0.15) is 5.10 Å². The molecule has 0 spiro atoms. The number of nitrogens with zero attached hydrogens (tertiary/aromatic N) is 5. The summed E-state index contributed by atoms with van der Waals surface area (Å²) in [4.78, 5) is 30.5. The zero-order chi connectivity index (χ0) is 17.6. The van der Waals surface area contributed by atoms with Crippen LogP contribution in [0, 0.1) is 0 Å². The van der Waals surface area contributed by atoms with Crippen LogP contribution in [0.3, 0.4) is 0 Å². The highest BCUT2D eigenvalue weighted by atomic mass is 16.2. The first-order valence-corrected chi connectivity index (χ1v) is 8.74. The van der Waals surface area contributed by atoms with Crippen molar-refractivity contribution < 1.29 is 9.59 Å². The zero-order valence-corrected chi connectivity index (χ0v) is 14.4. The van der Waals surface area contributed by atoms with Crippen LogP contribution in [0.1, 0.15) is 50.9 Å². The fourth-order valence-electron chi connectivity index (χ4n) is 3.84. The maximum absolute atomic E-state index is 13.1. The Morgan fingerprint density at radius 2 is 1.92 bits per heavy atom. The van der Waals surface area contributed by atoms with Crippen molar-refractivity contribution in [1.29, 1.82) is 0 Å². The number of carbonyl (C=O) groups excluding carboxylic acids is 2. The molecule has 1 aliphatic carbocycles. The van der Waals surface area contributed by atoms with Crippen LogP contribution in [0.5, 0.6) is 0 Å². The van der Waals surface area contributed by atoms with Gasteiger partial charge in [-0.25, -0.2) is 4.98 Å². The van der Waals surface area contributed by atoms with Crippen LogP contribution >= 0.6 is 0 Å². The molecule has 0 saturated carbocycles. The SMILES string of the molecule is Cn1nc2c(c1C(=O)N1CCc3nc(C(N)=O)cn3CC1)CCCC2. The monoisotopic (exact) mass is 342 g/mol. The van der Waals surface area contributed by atoms with Crippen LogP contribution in [0.4, 0.5) is 0 Å². The number of rotatable bonds is 2. The van der Waals surface area contributed by atoms with Gasteiger partial charge in [-0.05, 0) is 25.7 Å². The molecule has 2 aliphatic rings. The number of aryl methyl sites for hydroxylation is 2. The van der Waals surface area contributed by atoms with Gasteiger partial charge < -0.3 is 15.2 Å². The lowest BCUT2D eigenvalue weighted by Gasteiger charge is -2.21. The van der Waals surface area contributed by atoms with Crippen LogP contribution in [-0.2, 0) is 32.9 Å². The van der Waals surface area contributed by atoms with Gasteiger partial charge in [0.1, 0.15) is 17.2 Å². The molecule has 4 rings (SSSR count). The number of aromatic nitrogens is 4. The van der Waals surface area contributed by atoms with E-state index in [4.69, 9.17) is 5.73 Å². The smallest absolute Gasteiger partial charge is 0.272 e. The summed E-state index contributed by atoms with van der Waals surface area (Å²) < 4.78 is 3.67. The van der Waals surface area contributed by atoms with Crippen LogP contribution < -0.4 is 5.73 Å². The zero-order valence-electron chi connectivity index (χ0n) is 14.4. The maximum Gasteiger partial charge on any atom is 0.272 e. The molecule has 132 valence electrons. The molecule has 3 heterocycles. The molecule has 0 unspecified atom stereocenters. The normalized spacial score (nSPS) is 16.9. The van der Waals surface area contributed by atoms with Crippen molar-refractivity contribution in [3.8, 4) is 0 Å². The second-order valence-electron chi connectivity index (χ2n) is 6.75. The highest BCUT2D eigenvalue weighted by Crippen LogP contribution is 2.25. The minimum absolute atomic E-state index is 0.0408. The number of amides is 2. The molecule has 8 nitrogen and oxygen atoms in total. The summed E-state index contributed by atoms with van der Waals surface area (Å²) >= 11 is 0. The van der Waals surface area contributed by atoms with Crippen molar-refractivity contribution >= 4 is 11.8 Å². The number of imidazole rings is 1. The molecule has 0 saturated heterocycles. The van der Waals surface area contributed by atoms with Gasteiger partial charge in [0.2, 0.25) is 0 Å². The highest BCUT2D eigenvalue weighted by molar-refractivity contribution is 5.94. The van der Waals surface area contributed by atoms with Crippen molar-refractivity contribution in [3.05, 3.63) is 34.7 Å². The first-order chi connectivity index (χ1) is 12.0. The Labute approximate surface area is 145 Å². The molecular formula is C17H22N6O2. The minimum Gasteiger partial charge on any atom is -0.364 e. The number of hydrogen-bond donors (Lipinski definition) is 1. The summed E-state index contributed by atoms with van der Waals surface area (Å²) in [5, 5.41) is 4.55. The Morgan fingerprint density at radius 3 is 2.72 bits per heavy atom. The minimum atomic E-state index is -0.519. The summed E-state index contributed by atoms with van der Waals surface area (Å²) in [6.07, 6.45) is 6.44. The van der Waals surface area contributed by atoms with Crippen LogP contribution in [0.15, 0.2) is 6.20 Å². The fourth-order valence-corrected chi connectivity index (χ4v) is 3.84. The molecule has 2 aromatic heterocycles. The second kappa shape index (κ2) is 6.02. The highest BCUT2D eigenvalue weighted by Gasteiger charge is 2.28. The predicted molar refractivity (Wildman–Crippen MR) is 90.2 cm³/mol. The number of hydrogen-bond acceptors (Lipinski definition) is 4. The standard InChI is InChI=1S/C17H22N6O2/c1-21-15(11-4-2-3-5-12(11)20-21)17(25)22-7-6-14-19-13(16(18)24)10-23(14)9-8-22/h10H,2-9H2,1H3,(H2,18,24). The van der Waals surface area contributed by atoms with Crippen LogP contribution in [-0.4, -0.2) is 49.1 Å². The number of carbonyl (C=O) groups is 2. The Hall–Kier alpha value is -2.64. The van der Waals surface area contributed by atoms with E-state index >= 15 is 0 Å². The Bertz CT molecular complexity index is 824. The lowest BCUT2D eigenvalue weighted by molar-refractivity contribution is 0.0746. The maximum atomic E-state index is 13.1. The predicted octanol–water partition coefficient (Wildman–Crippen LogP) is 0.293. The van der Waals surface area contributed by atoms with Crippen molar-refractivity contribution in [3.63, 3.8) is 0 Å². The van der Waals surface area contributed by atoms with E-state index in [-0.39, 0.29) is 11.6 Å². The van der Waals surface area contributed by atoms with Crippen molar-refractivity contribution in [1.82, 2.24) is 24.2 Å². The van der Waals surface area contributed by atoms with E-state index in [0.717, 1.165) is 48.5 Å².